The van der Waals surface area contributed by atoms with Crippen molar-refractivity contribution in [3.8, 4) is 0 Å². The number of hydrogen-bond acceptors (Lipinski definition) is 6. The normalized spacial score (nSPS) is 23.5. The van der Waals surface area contributed by atoms with Gasteiger partial charge in [0.15, 0.2) is 0 Å². The molecular weight excluding hydrogens is 288 g/mol. The van der Waals surface area contributed by atoms with E-state index in [2.05, 4.69) is 25.1 Å². The van der Waals surface area contributed by atoms with Crippen molar-refractivity contribution >= 4 is 11.7 Å². The van der Waals surface area contributed by atoms with Gasteiger partial charge in [0.1, 0.15) is 0 Å². The number of piperidine rings is 1. The quantitative estimate of drug-likeness (QED) is 0.901. The van der Waals surface area contributed by atoms with Crippen LogP contribution in [0.5, 0.6) is 0 Å². The highest BCUT2D eigenvalue weighted by molar-refractivity contribution is 5.89. The first-order chi connectivity index (χ1) is 11.4. The van der Waals surface area contributed by atoms with Gasteiger partial charge in [0, 0.05) is 44.0 Å². The second-order valence-corrected chi connectivity index (χ2v) is 6.80. The summed E-state index contributed by atoms with van der Waals surface area (Å²) in [6.45, 7) is 6.39. The van der Waals surface area contributed by atoms with E-state index in [1.807, 2.05) is 12.3 Å². The summed E-state index contributed by atoms with van der Waals surface area (Å²) in [5.41, 5.74) is 2.28. The molecule has 0 saturated carbocycles. The minimum absolute atomic E-state index is 0.747. The van der Waals surface area contributed by atoms with Crippen LogP contribution in [0.15, 0.2) is 17.3 Å². The predicted molar refractivity (Wildman–Crippen MR) is 92.1 cm³/mol. The lowest BCUT2D eigenvalue weighted by atomic mass is 10.0. The number of hydrogen-bond donors (Lipinski definition) is 1. The Bertz CT molecular complexity index is 558. The smallest absolute Gasteiger partial charge is 0.225 e. The number of nitrogens with zero attached hydrogens (tertiary/aromatic N) is 5. The number of nitrogens with one attached hydrogen (secondary N) is 1. The van der Waals surface area contributed by atoms with Gasteiger partial charge in [0.25, 0.3) is 0 Å². The van der Waals surface area contributed by atoms with E-state index in [-0.39, 0.29) is 0 Å². The average molecular weight is 314 g/mol. The van der Waals surface area contributed by atoms with Crippen LogP contribution in [0.4, 0.5) is 5.95 Å². The van der Waals surface area contributed by atoms with Crippen molar-refractivity contribution in [1.82, 2.24) is 20.2 Å². The topological polar surface area (TPSA) is 56.7 Å². The molecule has 3 aliphatic rings. The molecule has 2 saturated heterocycles. The summed E-state index contributed by atoms with van der Waals surface area (Å²) in [5, 5.41) is 3.24. The van der Waals surface area contributed by atoms with E-state index in [9.17, 15) is 0 Å². The second kappa shape index (κ2) is 6.93. The van der Waals surface area contributed by atoms with Crippen molar-refractivity contribution in [1.29, 1.82) is 0 Å². The standard InChI is InChI=1S/C17H26N6/c1-2-8-22(7-1)16-4-9-23(10-5-16)17-19-6-3-14(21-17)11-15-12-18-13-20-15/h3,6,16,18H,1-2,4-5,7-13H2. The molecule has 0 atom stereocenters. The highest BCUT2D eigenvalue weighted by atomic mass is 15.3. The van der Waals surface area contributed by atoms with Gasteiger partial charge < -0.3 is 9.80 Å². The van der Waals surface area contributed by atoms with Crippen LogP contribution >= 0.6 is 0 Å². The van der Waals surface area contributed by atoms with Gasteiger partial charge in [-0.2, -0.15) is 0 Å². The van der Waals surface area contributed by atoms with Crippen LogP contribution in [0.1, 0.15) is 31.4 Å². The highest BCUT2D eigenvalue weighted by Crippen LogP contribution is 2.23. The fourth-order valence-electron chi connectivity index (χ4n) is 3.92. The molecule has 6 heteroatoms. The molecule has 6 nitrogen and oxygen atoms in total. The first kappa shape index (κ1) is 15.0. The van der Waals surface area contributed by atoms with Crippen molar-refractivity contribution in [2.24, 2.45) is 4.99 Å². The molecule has 0 radical (unpaired) electrons. The molecule has 23 heavy (non-hydrogen) atoms. The van der Waals surface area contributed by atoms with Gasteiger partial charge in [-0.1, -0.05) is 0 Å². The van der Waals surface area contributed by atoms with Gasteiger partial charge in [-0.05, 0) is 44.8 Å². The molecule has 2 fully saturated rings. The van der Waals surface area contributed by atoms with Gasteiger partial charge in [0.2, 0.25) is 5.95 Å². The summed E-state index contributed by atoms with van der Waals surface area (Å²) in [6, 6.07) is 2.79. The third-order valence-corrected chi connectivity index (χ3v) is 5.23. The average Bonchev–Trinajstić information content (AvgIpc) is 3.29. The lowest BCUT2D eigenvalue weighted by Gasteiger charge is -2.36. The Balaban J connectivity index is 1.36. The summed E-state index contributed by atoms with van der Waals surface area (Å²) >= 11 is 0. The first-order valence-electron chi connectivity index (χ1n) is 8.92. The maximum absolute atomic E-state index is 4.78. The molecule has 3 aliphatic heterocycles. The number of anilines is 1. The summed E-state index contributed by atoms with van der Waals surface area (Å²) in [6.07, 6.45) is 7.97. The van der Waals surface area contributed by atoms with E-state index < -0.39 is 0 Å². The summed E-state index contributed by atoms with van der Waals surface area (Å²) in [4.78, 5) is 18.8. The highest BCUT2D eigenvalue weighted by Gasteiger charge is 2.27. The van der Waals surface area contributed by atoms with Crippen LogP contribution in [-0.2, 0) is 6.42 Å². The molecule has 0 amide bonds. The predicted octanol–water partition coefficient (Wildman–Crippen LogP) is 1.09. The Hall–Kier alpha value is -1.53. The molecular formula is C17H26N6. The summed E-state index contributed by atoms with van der Waals surface area (Å²) in [5.74, 6) is 0.897. The van der Waals surface area contributed by atoms with E-state index in [0.717, 1.165) is 50.4 Å². The Morgan fingerprint density at radius 2 is 1.96 bits per heavy atom. The monoisotopic (exact) mass is 314 g/mol. The second-order valence-electron chi connectivity index (χ2n) is 6.80. The van der Waals surface area contributed by atoms with E-state index in [1.54, 1.807) is 0 Å². The van der Waals surface area contributed by atoms with Gasteiger partial charge >= 0.3 is 0 Å². The SMILES string of the molecule is c1cc(CC2=NCNC2)nc(N2CCC(N3CCCC3)CC2)n1. The Kier molecular flexibility index (Phi) is 4.52. The molecule has 0 spiro atoms. The maximum atomic E-state index is 4.78. The van der Waals surface area contributed by atoms with Crippen molar-refractivity contribution in [3.63, 3.8) is 0 Å². The van der Waals surface area contributed by atoms with Crippen molar-refractivity contribution in [2.45, 2.75) is 38.1 Å². The largest absolute Gasteiger partial charge is 0.341 e. The molecule has 0 aromatic carbocycles. The number of aliphatic imine (C=N–C) groups is 1. The van der Waals surface area contributed by atoms with Gasteiger partial charge in [-0.15, -0.1) is 0 Å². The van der Waals surface area contributed by atoms with E-state index in [1.165, 1.54) is 44.5 Å². The van der Waals surface area contributed by atoms with E-state index >= 15 is 0 Å². The van der Waals surface area contributed by atoms with Crippen LogP contribution in [-0.4, -0.2) is 66.0 Å². The number of likely N-dealkylation sites (tertiary alicyclic amines) is 1. The van der Waals surface area contributed by atoms with E-state index in [4.69, 9.17) is 4.98 Å². The molecule has 1 aromatic heterocycles. The zero-order chi connectivity index (χ0) is 15.5. The molecule has 1 aromatic rings. The molecule has 0 bridgehead atoms. The fourth-order valence-corrected chi connectivity index (χ4v) is 3.92. The minimum Gasteiger partial charge on any atom is -0.341 e. The third-order valence-electron chi connectivity index (χ3n) is 5.23. The minimum atomic E-state index is 0.747. The van der Waals surface area contributed by atoms with Crippen LogP contribution in [0.3, 0.4) is 0 Å². The van der Waals surface area contributed by atoms with Crippen molar-refractivity contribution < 1.29 is 0 Å². The fraction of sp³-hybridized carbons (Fsp3) is 0.706. The van der Waals surface area contributed by atoms with Gasteiger partial charge in [0.05, 0.1) is 12.4 Å². The molecule has 4 heterocycles. The Morgan fingerprint density at radius 1 is 1.13 bits per heavy atom. The zero-order valence-electron chi connectivity index (χ0n) is 13.7. The van der Waals surface area contributed by atoms with E-state index in [0.29, 0.717) is 0 Å². The first-order valence-corrected chi connectivity index (χ1v) is 8.92. The summed E-state index contributed by atoms with van der Waals surface area (Å²) in [7, 11) is 0. The lowest BCUT2D eigenvalue weighted by molar-refractivity contribution is 0.207. The van der Waals surface area contributed by atoms with Crippen molar-refractivity contribution in [2.75, 3.05) is 44.3 Å². The molecule has 4 rings (SSSR count). The van der Waals surface area contributed by atoms with Gasteiger partial charge in [-0.3, -0.25) is 10.3 Å². The van der Waals surface area contributed by atoms with Crippen LogP contribution in [0.2, 0.25) is 0 Å². The maximum Gasteiger partial charge on any atom is 0.225 e. The summed E-state index contributed by atoms with van der Waals surface area (Å²) < 4.78 is 0. The molecule has 0 aliphatic carbocycles. The van der Waals surface area contributed by atoms with Crippen LogP contribution < -0.4 is 10.2 Å². The van der Waals surface area contributed by atoms with Crippen LogP contribution in [0.25, 0.3) is 0 Å². The van der Waals surface area contributed by atoms with Gasteiger partial charge in [-0.25, -0.2) is 9.97 Å². The number of rotatable bonds is 4. The molecule has 1 N–H and O–H groups in total. The molecule has 124 valence electrons. The van der Waals surface area contributed by atoms with Crippen LogP contribution in [0, 0.1) is 0 Å². The zero-order valence-corrected chi connectivity index (χ0v) is 13.7. The Morgan fingerprint density at radius 3 is 2.70 bits per heavy atom. The lowest BCUT2D eigenvalue weighted by Crippen LogP contribution is -2.44. The van der Waals surface area contributed by atoms with Crippen molar-refractivity contribution in [3.05, 3.63) is 18.0 Å². The number of aromatic nitrogens is 2. The Labute approximate surface area is 138 Å². The third kappa shape index (κ3) is 3.53. The molecule has 0 unspecified atom stereocenters.